The second-order valence-corrected chi connectivity index (χ2v) is 3.56. The predicted molar refractivity (Wildman–Crippen MR) is 61.9 cm³/mol. The number of nitrogens with zero attached hydrogens (tertiary/aromatic N) is 2. The number of nitrogens with two attached hydrogens (primary N) is 1. The number of hydrogen-bond donors (Lipinski definition) is 3. The van der Waals surface area contributed by atoms with Crippen molar-refractivity contribution in [1.82, 2.24) is 20.7 Å². The van der Waals surface area contributed by atoms with Gasteiger partial charge in [-0.2, -0.15) is 15.4 Å². The highest BCUT2D eigenvalue weighted by atomic mass is 16.1. The Kier molecular flexibility index (Phi) is 3.46. The molecular formula is C11H13N5O. The number of aromatic amines is 1. The van der Waals surface area contributed by atoms with Crippen LogP contribution in [-0.2, 0) is 13.1 Å². The minimum absolute atomic E-state index is 0.248. The van der Waals surface area contributed by atoms with Crippen LogP contribution in [0.3, 0.4) is 0 Å². The summed E-state index contributed by atoms with van der Waals surface area (Å²) in [6.07, 6.45) is 1.38. The van der Waals surface area contributed by atoms with E-state index in [1.54, 1.807) is 0 Å². The van der Waals surface area contributed by atoms with Gasteiger partial charge in [0.2, 0.25) is 0 Å². The molecule has 0 aliphatic carbocycles. The highest BCUT2D eigenvalue weighted by Gasteiger charge is 2.07. The largest absolute Gasteiger partial charge is 0.347 e. The molecule has 1 amide bonds. The molecule has 1 heterocycles. The van der Waals surface area contributed by atoms with Gasteiger partial charge >= 0.3 is 0 Å². The van der Waals surface area contributed by atoms with Gasteiger partial charge in [-0.1, -0.05) is 24.3 Å². The van der Waals surface area contributed by atoms with E-state index in [1.165, 1.54) is 6.20 Å². The van der Waals surface area contributed by atoms with Gasteiger partial charge in [0.25, 0.3) is 5.91 Å². The van der Waals surface area contributed by atoms with Crippen LogP contribution >= 0.6 is 0 Å². The maximum absolute atomic E-state index is 11.5. The van der Waals surface area contributed by atoms with Crippen molar-refractivity contribution in [2.45, 2.75) is 13.1 Å². The molecule has 0 aliphatic heterocycles. The summed E-state index contributed by atoms with van der Waals surface area (Å²) in [5, 5.41) is 12.4. The van der Waals surface area contributed by atoms with Gasteiger partial charge in [-0.05, 0) is 11.1 Å². The van der Waals surface area contributed by atoms with Crippen LogP contribution in [0.2, 0.25) is 0 Å². The van der Waals surface area contributed by atoms with E-state index in [2.05, 4.69) is 20.7 Å². The molecule has 2 aromatic rings. The number of benzene rings is 1. The van der Waals surface area contributed by atoms with Crippen molar-refractivity contribution in [3.05, 3.63) is 47.3 Å². The third-order valence-electron chi connectivity index (χ3n) is 2.36. The van der Waals surface area contributed by atoms with Gasteiger partial charge in [0.15, 0.2) is 5.69 Å². The maximum Gasteiger partial charge on any atom is 0.273 e. The normalized spacial score (nSPS) is 10.2. The number of carbonyl (C=O) groups excluding carboxylic acids is 1. The summed E-state index contributed by atoms with van der Waals surface area (Å²) in [6.45, 7) is 0.974. The highest BCUT2D eigenvalue weighted by molar-refractivity contribution is 5.91. The SMILES string of the molecule is NCc1ccc(CNC(=O)c2cn[nH]n2)cc1. The lowest BCUT2D eigenvalue weighted by Gasteiger charge is -2.04. The third kappa shape index (κ3) is 2.88. The Balaban J connectivity index is 1.91. The average molecular weight is 231 g/mol. The Morgan fingerprint density at radius 2 is 2.00 bits per heavy atom. The summed E-state index contributed by atoms with van der Waals surface area (Å²) < 4.78 is 0. The van der Waals surface area contributed by atoms with Gasteiger partial charge in [-0.25, -0.2) is 0 Å². The fraction of sp³-hybridized carbons (Fsp3) is 0.182. The molecule has 1 aromatic heterocycles. The second-order valence-electron chi connectivity index (χ2n) is 3.56. The Hall–Kier alpha value is -2.21. The van der Waals surface area contributed by atoms with Gasteiger partial charge in [0.05, 0.1) is 6.20 Å². The van der Waals surface area contributed by atoms with E-state index in [1.807, 2.05) is 24.3 Å². The zero-order valence-corrected chi connectivity index (χ0v) is 9.18. The first-order valence-corrected chi connectivity index (χ1v) is 5.21. The zero-order valence-electron chi connectivity index (χ0n) is 9.18. The van der Waals surface area contributed by atoms with Crippen molar-refractivity contribution in [3.8, 4) is 0 Å². The van der Waals surface area contributed by atoms with E-state index in [9.17, 15) is 4.79 Å². The molecule has 0 atom stereocenters. The Labute approximate surface area is 98.2 Å². The molecule has 6 nitrogen and oxygen atoms in total. The lowest BCUT2D eigenvalue weighted by molar-refractivity contribution is 0.0946. The third-order valence-corrected chi connectivity index (χ3v) is 2.36. The van der Waals surface area contributed by atoms with Gasteiger partial charge in [0, 0.05) is 13.1 Å². The van der Waals surface area contributed by atoms with E-state index in [0.29, 0.717) is 13.1 Å². The van der Waals surface area contributed by atoms with Crippen molar-refractivity contribution in [2.24, 2.45) is 5.73 Å². The van der Waals surface area contributed by atoms with Crippen molar-refractivity contribution in [2.75, 3.05) is 0 Å². The van der Waals surface area contributed by atoms with Crippen LogP contribution in [0.4, 0.5) is 0 Å². The minimum Gasteiger partial charge on any atom is -0.347 e. The molecule has 0 saturated carbocycles. The summed E-state index contributed by atoms with van der Waals surface area (Å²) in [4.78, 5) is 11.5. The topological polar surface area (TPSA) is 96.7 Å². The molecule has 0 spiro atoms. The van der Waals surface area contributed by atoms with E-state index < -0.39 is 0 Å². The number of carbonyl (C=O) groups is 1. The number of nitrogens with one attached hydrogen (secondary N) is 2. The fourth-order valence-electron chi connectivity index (χ4n) is 1.38. The molecule has 0 aliphatic rings. The Morgan fingerprint density at radius 3 is 2.59 bits per heavy atom. The Morgan fingerprint density at radius 1 is 1.29 bits per heavy atom. The smallest absolute Gasteiger partial charge is 0.273 e. The molecule has 17 heavy (non-hydrogen) atoms. The van der Waals surface area contributed by atoms with E-state index >= 15 is 0 Å². The first-order chi connectivity index (χ1) is 8.29. The average Bonchev–Trinajstić information content (AvgIpc) is 2.90. The maximum atomic E-state index is 11.5. The van der Waals surface area contributed by atoms with Crippen LogP contribution in [0, 0.1) is 0 Å². The van der Waals surface area contributed by atoms with Gasteiger partial charge in [-0.15, -0.1) is 0 Å². The molecule has 4 N–H and O–H groups in total. The van der Waals surface area contributed by atoms with Crippen LogP contribution in [0.25, 0.3) is 0 Å². The second kappa shape index (κ2) is 5.22. The quantitative estimate of drug-likeness (QED) is 0.700. The molecule has 0 radical (unpaired) electrons. The summed E-state index contributed by atoms with van der Waals surface area (Å²) in [7, 11) is 0. The monoisotopic (exact) mass is 231 g/mol. The van der Waals surface area contributed by atoms with Gasteiger partial charge in [0.1, 0.15) is 0 Å². The van der Waals surface area contributed by atoms with Crippen LogP contribution in [0.1, 0.15) is 21.6 Å². The number of H-pyrrole nitrogens is 1. The van der Waals surface area contributed by atoms with Crippen molar-refractivity contribution < 1.29 is 4.79 Å². The zero-order chi connectivity index (χ0) is 12.1. The molecule has 0 bridgehead atoms. The molecule has 88 valence electrons. The molecule has 1 aromatic carbocycles. The fourth-order valence-corrected chi connectivity index (χ4v) is 1.38. The summed E-state index contributed by atoms with van der Waals surface area (Å²) >= 11 is 0. The van der Waals surface area contributed by atoms with E-state index in [4.69, 9.17) is 5.73 Å². The van der Waals surface area contributed by atoms with Crippen LogP contribution in [0.15, 0.2) is 30.5 Å². The molecule has 0 unspecified atom stereocenters. The molecule has 6 heteroatoms. The van der Waals surface area contributed by atoms with Crippen molar-refractivity contribution >= 4 is 5.91 Å². The van der Waals surface area contributed by atoms with Gasteiger partial charge in [-0.3, -0.25) is 4.79 Å². The molecular weight excluding hydrogens is 218 g/mol. The predicted octanol–water partition coefficient (Wildman–Crippen LogP) is 0.193. The first kappa shape index (κ1) is 11.3. The van der Waals surface area contributed by atoms with Crippen LogP contribution in [-0.4, -0.2) is 21.3 Å². The molecule has 0 fully saturated rings. The number of rotatable bonds is 4. The summed E-state index contributed by atoms with van der Waals surface area (Å²) in [5.41, 5.74) is 7.86. The van der Waals surface area contributed by atoms with E-state index in [0.717, 1.165) is 11.1 Å². The highest BCUT2D eigenvalue weighted by Crippen LogP contribution is 2.03. The summed E-state index contributed by atoms with van der Waals surface area (Å²) in [5.74, 6) is -0.248. The standard InChI is InChI=1S/C11H13N5O/c12-5-8-1-3-9(4-2-8)6-13-11(17)10-7-14-16-15-10/h1-4,7H,5-6,12H2,(H,13,17)(H,14,15,16). The van der Waals surface area contributed by atoms with Gasteiger partial charge < -0.3 is 11.1 Å². The van der Waals surface area contributed by atoms with E-state index in [-0.39, 0.29) is 11.6 Å². The lowest BCUT2D eigenvalue weighted by Crippen LogP contribution is -2.23. The number of aromatic nitrogens is 3. The molecule has 2 rings (SSSR count). The number of amides is 1. The summed E-state index contributed by atoms with van der Waals surface area (Å²) in [6, 6.07) is 7.76. The minimum atomic E-state index is -0.248. The van der Waals surface area contributed by atoms with Crippen LogP contribution < -0.4 is 11.1 Å². The first-order valence-electron chi connectivity index (χ1n) is 5.21. The lowest BCUT2D eigenvalue weighted by atomic mass is 10.1. The molecule has 0 saturated heterocycles. The van der Waals surface area contributed by atoms with Crippen molar-refractivity contribution in [1.29, 1.82) is 0 Å². The number of hydrogen-bond acceptors (Lipinski definition) is 4. The van der Waals surface area contributed by atoms with Crippen LogP contribution in [0.5, 0.6) is 0 Å². The Bertz CT molecular complexity index is 477. The van der Waals surface area contributed by atoms with Crippen molar-refractivity contribution in [3.63, 3.8) is 0 Å².